The summed E-state index contributed by atoms with van der Waals surface area (Å²) in [5.74, 6) is 0.987. The summed E-state index contributed by atoms with van der Waals surface area (Å²) >= 11 is 0. The zero-order chi connectivity index (χ0) is 13.6. The van der Waals surface area contributed by atoms with Gasteiger partial charge in [-0.2, -0.15) is 0 Å². The molecule has 110 valence electrons. The quantitative estimate of drug-likeness (QED) is 0.906. The van der Waals surface area contributed by atoms with Gasteiger partial charge in [-0.15, -0.1) is 0 Å². The van der Waals surface area contributed by atoms with Gasteiger partial charge >= 0.3 is 0 Å². The normalized spacial score (nSPS) is 21.4. The Bertz CT molecular complexity index is 383. The van der Waals surface area contributed by atoms with Crippen molar-refractivity contribution < 1.29 is 0 Å². The Kier molecular flexibility index (Phi) is 5.10. The third-order valence-corrected chi connectivity index (χ3v) is 5.06. The fourth-order valence-corrected chi connectivity index (χ4v) is 3.71. The maximum absolute atomic E-state index is 3.46. The number of hydrogen-bond donors (Lipinski definition) is 1. The summed E-state index contributed by atoms with van der Waals surface area (Å²) in [5, 5.41) is 3.46. The van der Waals surface area contributed by atoms with Gasteiger partial charge < -0.3 is 10.2 Å². The molecule has 0 radical (unpaired) electrons. The van der Waals surface area contributed by atoms with Gasteiger partial charge in [0.1, 0.15) is 0 Å². The lowest BCUT2D eigenvalue weighted by molar-refractivity contribution is 0.261. The van der Waals surface area contributed by atoms with Crippen molar-refractivity contribution in [3.63, 3.8) is 0 Å². The molecule has 1 saturated heterocycles. The van der Waals surface area contributed by atoms with Gasteiger partial charge in [-0.3, -0.25) is 0 Å². The summed E-state index contributed by atoms with van der Waals surface area (Å²) in [7, 11) is 0. The number of nitrogens with one attached hydrogen (secondary N) is 1. The van der Waals surface area contributed by atoms with Crippen molar-refractivity contribution in [2.24, 2.45) is 5.92 Å². The first kappa shape index (κ1) is 14.1. The van der Waals surface area contributed by atoms with Crippen LogP contribution in [0.15, 0.2) is 24.3 Å². The fourth-order valence-electron chi connectivity index (χ4n) is 3.71. The van der Waals surface area contributed by atoms with E-state index < -0.39 is 0 Å². The number of benzene rings is 1. The molecule has 0 aliphatic carbocycles. The molecule has 1 N–H and O–H groups in total. The van der Waals surface area contributed by atoms with Gasteiger partial charge in [-0.05, 0) is 75.2 Å². The third-order valence-electron chi connectivity index (χ3n) is 5.06. The van der Waals surface area contributed by atoms with E-state index in [0.717, 1.165) is 5.92 Å². The van der Waals surface area contributed by atoms with Crippen LogP contribution in [0.2, 0.25) is 0 Å². The van der Waals surface area contributed by atoms with Crippen LogP contribution < -0.4 is 5.32 Å². The number of nitrogens with zero attached hydrogens (tertiary/aromatic N) is 1. The Hall–Kier alpha value is -0.860. The van der Waals surface area contributed by atoms with Crippen molar-refractivity contribution in [3.8, 4) is 0 Å². The minimum absolute atomic E-state index is 0.987. The highest BCUT2D eigenvalue weighted by Gasteiger charge is 2.15. The van der Waals surface area contributed by atoms with E-state index in [1.165, 1.54) is 71.2 Å². The zero-order valence-corrected chi connectivity index (χ0v) is 12.6. The highest BCUT2D eigenvalue weighted by Crippen LogP contribution is 2.19. The number of piperidine rings is 1. The molecule has 2 aliphatic heterocycles. The topological polar surface area (TPSA) is 15.3 Å². The van der Waals surface area contributed by atoms with Crippen molar-refractivity contribution in [1.29, 1.82) is 0 Å². The maximum atomic E-state index is 3.46. The minimum atomic E-state index is 0.987. The molecule has 0 bridgehead atoms. The summed E-state index contributed by atoms with van der Waals surface area (Å²) in [6.07, 6.45) is 8.09. The SMILES string of the molecule is c1ccc2c(c1)CCN(CCCC1CCNCC1)CC2. The lowest BCUT2D eigenvalue weighted by Gasteiger charge is -2.24. The molecule has 2 nitrogen and oxygen atoms in total. The molecule has 0 saturated carbocycles. The molecule has 2 heteroatoms. The van der Waals surface area contributed by atoms with E-state index in [0.29, 0.717) is 0 Å². The van der Waals surface area contributed by atoms with E-state index in [4.69, 9.17) is 0 Å². The molecule has 0 aromatic heterocycles. The Balaban J connectivity index is 1.41. The van der Waals surface area contributed by atoms with E-state index in [-0.39, 0.29) is 0 Å². The largest absolute Gasteiger partial charge is 0.317 e. The second-order valence-corrected chi connectivity index (χ2v) is 6.45. The van der Waals surface area contributed by atoms with E-state index >= 15 is 0 Å². The number of hydrogen-bond acceptors (Lipinski definition) is 2. The summed E-state index contributed by atoms with van der Waals surface area (Å²) in [6.45, 7) is 6.29. The van der Waals surface area contributed by atoms with Crippen LogP contribution in [0.1, 0.15) is 36.8 Å². The van der Waals surface area contributed by atoms with Gasteiger partial charge in [0.05, 0.1) is 0 Å². The lowest BCUT2D eigenvalue weighted by Crippen LogP contribution is -2.30. The molecule has 1 fully saturated rings. The Labute approximate surface area is 123 Å². The predicted molar refractivity (Wildman–Crippen MR) is 85.1 cm³/mol. The van der Waals surface area contributed by atoms with Crippen molar-refractivity contribution in [3.05, 3.63) is 35.4 Å². The summed E-state index contributed by atoms with van der Waals surface area (Å²) in [6, 6.07) is 9.00. The fraction of sp³-hybridized carbons (Fsp3) is 0.667. The van der Waals surface area contributed by atoms with Crippen molar-refractivity contribution >= 4 is 0 Å². The predicted octanol–water partition coefficient (Wildman–Crippen LogP) is 2.87. The van der Waals surface area contributed by atoms with Gasteiger partial charge in [0.15, 0.2) is 0 Å². The average Bonchev–Trinajstić information content (AvgIpc) is 2.71. The molecule has 1 aromatic rings. The first-order valence-corrected chi connectivity index (χ1v) is 8.41. The highest BCUT2D eigenvalue weighted by atomic mass is 15.1. The Morgan fingerprint density at radius 2 is 1.65 bits per heavy atom. The van der Waals surface area contributed by atoms with Crippen LogP contribution in [-0.4, -0.2) is 37.6 Å². The molecule has 20 heavy (non-hydrogen) atoms. The van der Waals surface area contributed by atoms with E-state index in [9.17, 15) is 0 Å². The van der Waals surface area contributed by atoms with Crippen LogP contribution in [0.25, 0.3) is 0 Å². The zero-order valence-electron chi connectivity index (χ0n) is 12.6. The van der Waals surface area contributed by atoms with E-state index in [2.05, 4.69) is 34.5 Å². The Morgan fingerprint density at radius 1 is 1.00 bits per heavy atom. The van der Waals surface area contributed by atoms with Crippen LogP contribution in [-0.2, 0) is 12.8 Å². The van der Waals surface area contributed by atoms with E-state index in [1.54, 1.807) is 11.1 Å². The standard InChI is InChI=1S/C18H28N2/c1-2-6-18-10-15-20(14-9-17(18)5-1)13-3-4-16-7-11-19-12-8-16/h1-2,5-6,16,19H,3-4,7-15H2. The van der Waals surface area contributed by atoms with Gasteiger partial charge in [0.2, 0.25) is 0 Å². The monoisotopic (exact) mass is 272 g/mol. The second-order valence-electron chi connectivity index (χ2n) is 6.45. The second kappa shape index (κ2) is 7.24. The van der Waals surface area contributed by atoms with Crippen LogP contribution in [0.3, 0.4) is 0 Å². The average molecular weight is 272 g/mol. The van der Waals surface area contributed by atoms with Crippen LogP contribution in [0.5, 0.6) is 0 Å². The van der Waals surface area contributed by atoms with Crippen LogP contribution in [0.4, 0.5) is 0 Å². The molecule has 3 rings (SSSR count). The molecule has 0 unspecified atom stereocenters. The summed E-state index contributed by atoms with van der Waals surface area (Å²) in [4.78, 5) is 2.68. The molecule has 0 atom stereocenters. The lowest BCUT2D eigenvalue weighted by atomic mass is 9.93. The van der Waals surface area contributed by atoms with Crippen LogP contribution >= 0.6 is 0 Å². The Morgan fingerprint density at radius 3 is 2.30 bits per heavy atom. The number of rotatable bonds is 4. The van der Waals surface area contributed by atoms with E-state index in [1.807, 2.05) is 0 Å². The van der Waals surface area contributed by atoms with Crippen molar-refractivity contribution in [1.82, 2.24) is 10.2 Å². The maximum Gasteiger partial charge on any atom is 0.00221 e. The first-order valence-electron chi connectivity index (χ1n) is 8.41. The summed E-state index contributed by atoms with van der Waals surface area (Å²) in [5.41, 5.74) is 3.15. The van der Waals surface area contributed by atoms with Gasteiger partial charge in [0.25, 0.3) is 0 Å². The highest BCUT2D eigenvalue weighted by molar-refractivity contribution is 5.28. The van der Waals surface area contributed by atoms with Crippen molar-refractivity contribution in [2.75, 3.05) is 32.7 Å². The molecule has 2 heterocycles. The van der Waals surface area contributed by atoms with Gasteiger partial charge in [0, 0.05) is 13.1 Å². The molecule has 1 aromatic carbocycles. The van der Waals surface area contributed by atoms with Gasteiger partial charge in [-0.1, -0.05) is 24.3 Å². The molecule has 0 spiro atoms. The van der Waals surface area contributed by atoms with Crippen molar-refractivity contribution in [2.45, 2.75) is 38.5 Å². The molecule has 2 aliphatic rings. The third kappa shape index (κ3) is 3.83. The molecular weight excluding hydrogens is 244 g/mol. The molecular formula is C18H28N2. The molecule has 0 amide bonds. The smallest absolute Gasteiger partial charge is 0.00221 e. The van der Waals surface area contributed by atoms with Gasteiger partial charge in [-0.25, -0.2) is 0 Å². The minimum Gasteiger partial charge on any atom is -0.317 e. The first-order chi connectivity index (χ1) is 9.92. The van der Waals surface area contributed by atoms with Crippen LogP contribution in [0, 0.1) is 5.92 Å². The summed E-state index contributed by atoms with van der Waals surface area (Å²) < 4.78 is 0. The number of fused-ring (bicyclic) bond motifs is 1.